The van der Waals surface area contributed by atoms with E-state index in [0.29, 0.717) is 16.0 Å². The average Bonchev–Trinajstić information content (AvgIpc) is 3.31. The van der Waals surface area contributed by atoms with Gasteiger partial charge in [-0.2, -0.15) is 10.1 Å². The van der Waals surface area contributed by atoms with Gasteiger partial charge in [-0.25, -0.2) is 4.68 Å². The van der Waals surface area contributed by atoms with E-state index < -0.39 is 0 Å². The lowest BCUT2D eigenvalue weighted by molar-refractivity contribution is 0.223. The van der Waals surface area contributed by atoms with E-state index >= 15 is 0 Å². The molecule has 0 saturated carbocycles. The first kappa shape index (κ1) is 20.1. The Morgan fingerprint density at radius 1 is 0.939 bits per heavy atom. The highest BCUT2D eigenvalue weighted by Gasteiger charge is 2.41. The highest BCUT2D eigenvalue weighted by atomic mass is 35.5. The van der Waals surface area contributed by atoms with Crippen molar-refractivity contribution in [2.24, 2.45) is 0 Å². The fourth-order valence-electron chi connectivity index (χ4n) is 4.46. The van der Waals surface area contributed by atoms with Crippen molar-refractivity contribution in [3.8, 4) is 11.5 Å². The molecule has 4 aromatic rings. The molecule has 0 spiro atoms. The van der Waals surface area contributed by atoms with Gasteiger partial charge in [-0.05, 0) is 53.6 Å². The number of fused-ring (bicyclic) bond motifs is 3. The second-order valence-electron chi connectivity index (χ2n) is 7.85. The van der Waals surface area contributed by atoms with Gasteiger partial charge in [0.1, 0.15) is 30.0 Å². The van der Waals surface area contributed by atoms with Gasteiger partial charge in [0, 0.05) is 21.2 Å². The van der Waals surface area contributed by atoms with E-state index in [1.54, 1.807) is 13.4 Å². The van der Waals surface area contributed by atoms with Gasteiger partial charge in [0.05, 0.1) is 12.8 Å². The first-order valence-electron chi connectivity index (χ1n) is 10.4. The molecule has 0 fully saturated rings. The van der Waals surface area contributed by atoms with Crippen LogP contribution in [0.4, 0.5) is 5.95 Å². The second-order valence-corrected chi connectivity index (χ2v) is 8.72. The normalized spacial score (nSPS) is 18.5. The molecule has 2 aliphatic rings. The summed E-state index contributed by atoms with van der Waals surface area (Å²) in [7, 11) is 1.65. The van der Waals surface area contributed by atoms with Crippen LogP contribution in [0.5, 0.6) is 11.5 Å². The van der Waals surface area contributed by atoms with Crippen molar-refractivity contribution < 1.29 is 9.47 Å². The molecule has 1 aromatic heterocycles. The molecule has 0 unspecified atom stereocenters. The van der Waals surface area contributed by atoms with Gasteiger partial charge in [-0.15, -0.1) is 0 Å². The van der Waals surface area contributed by atoms with E-state index in [1.807, 2.05) is 71.4 Å². The zero-order valence-corrected chi connectivity index (χ0v) is 19.0. The fraction of sp³-hybridized carbons (Fsp3) is 0.120. The molecule has 2 aliphatic heterocycles. The highest BCUT2D eigenvalue weighted by molar-refractivity contribution is 6.31. The Morgan fingerprint density at radius 3 is 2.42 bits per heavy atom. The summed E-state index contributed by atoms with van der Waals surface area (Å²) >= 11 is 12.6. The van der Waals surface area contributed by atoms with Crippen LogP contribution in [0, 0.1) is 0 Å². The minimum Gasteiger partial charge on any atom is -0.497 e. The number of nitrogens with one attached hydrogen (secondary N) is 1. The summed E-state index contributed by atoms with van der Waals surface area (Å²) in [5.41, 5.74) is 4.83. The largest absolute Gasteiger partial charge is 0.497 e. The maximum absolute atomic E-state index is 6.58. The molecule has 8 heteroatoms. The van der Waals surface area contributed by atoms with Gasteiger partial charge in [0.25, 0.3) is 0 Å². The highest BCUT2D eigenvalue weighted by Crippen LogP contribution is 2.51. The van der Waals surface area contributed by atoms with Crippen molar-refractivity contribution in [1.29, 1.82) is 0 Å². The Bertz CT molecular complexity index is 1380. The molecule has 0 saturated heterocycles. The number of aromatic nitrogens is 3. The molecule has 3 heterocycles. The van der Waals surface area contributed by atoms with Crippen molar-refractivity contribution in [3.63, 3.8) is 0 Å². The van der Waals surface area contributed by atoms with Gasteiger partial charge in [0.15, 0.2) is 0 Å². The summed E-state index contributed by atoms with van der Waals surface area (Å²) in [5, 5.41) is 9.31. The van der Waals surface area contributed by atoms with Crippen LogP contribution < -0.4 is 14.8 Å². The summed E-state index contributed by atoms with van der Waals surface area (Å²) in [4.78, 5) is 4.45. The molecule has 164 valence electrons. The second kappa shape index (κ2) is 7.83. The third-order valence-corrected chi connectivity index (χ3v) is 6.47. The third kappa shape index (κ3) is 3.34. The number of hydrogen-bond donors (Lipinski definition) is 1. The molecule has 6 rings (SSSR count). The smallest absolute Gasteiger partial charge is 0.226 e. The molecule has 33 heavy (non-hydrogen) atoms. The Kier molecular flexibility index (Phi) is 4.78. The van der Waals surface area contributed by atoms with Gasteiger partial charge in [-0.1, -0.05) is 47.5 Å². The Labute approximate surface area is 200 Å². The Hall–Kier alpha value is -3.48. The van der Waals surface area contributed by atoms with Crippen molar-refractivity contribution in [3.05, 3.63) is 105 Å². The summed E-state index contributed by atoms with van der Waals surface area (Å²) < 4.78 is 13.8. The number of nitrogens with zero attached hydrogens (tertiary/aromatic N) is 3. The van der Waals surface area contributed by atoms with Gasteiger partial charge in [-0.3, -0.25) is 0 Å². The Balaban J connectivity index is 1.61. The zero-order valence-electron chi connectivity index (χ0n) is 17.5. The molecule has 0 amide bonds. The lowest BCUT2D eigenvalue weighted by Gasteiger charge is -2.39. The van der Waals surface area contributed by atoms with Crippen LogP contribution in [0.15, 0.2) is 78.6 Å². The minimum atomic E-state index is -0.372. The van der Waals surface area contributed by atoms with Gasteiger partial charge in [0.2, 0.25) is 5.95 Å². The number of halogens is 2. The molecule has 2 atom stereocenters. The topological polar surface area (TPSA) is 61.2 Å². The zero-order chi connectivity index (χ0) is 22.5. The van der Waals surface area contributed by atoms with Crippen molar-refractivity contribution >= 4 is 34.8 Å². The molecular formula is C25H18Cl2N4O2. The molecular weight excluding hydrogens is 459 g/mol. The van der Waals surface area contributed by atoms with Gasteiger partial charge < -0.3 is 14.8 Å². The van der Waals surface area contributed by atoms with Crippen molar-refractivity contribution in [2.45, 2.75) is 12.1 Å². The van der Waals surface area contributed by atoms with Crippen LogP contribution in [-0.2, 0) is 0 Å². The van der Waals surface area contributed by atoms with Gasteiger partial charge >= 0.3 is 0 Å². The summed E-state index contributed by atoms with van der Waals surface area (Å²) in [6.07, 6.45) is 1.18. The number of anilines is 1. The standard InChI is InChI=1S/C25H18Cl2N4O2/c1-32-18-9-4-14(5-10-18)23-21-22(30-25-28-13-29-31(23)25)19-12-17(27)8-11-20(19)33-24(21)15-2-6-16(26)7-3-15/h2-13,23-24H,1H3,(H,28,29,30)/t23-,24-/m1/s1. The number of hydrogen-bond acceptors (Lipinski definition) is 5. The maximum atomic E-state index is 6.58. The molecule has 0 aliphatic carbocycles. The number of methoxy groups -OCH3 is 1. The molecule has 0 radical (unpaired) electrons. The predicted octanol–water partition coefficient (Wildman–Crippen LogP) is 6.15. The minimum absolute atomic E-state index is 0.252. The molecule has 3 aromatic carbocycles. The van der Waals surface area contributed by atoms with E-state index in [2.05, 4.69) is 15.4 Å². The van der Waals surface area contributed by atoms with Crippen LogP contribution in [0.2, 0.25) is 10.0 Å². The van der Waals surface area contributed by atoms with E-state index in [0.717, 1.165) is 39.5 Å². The van der Waals surface area contributed by atoms with E-state index in [9.17, 15) is 0 Å². The quantitative estimate of drug-likeness (QED) is 0.383. The Morgan fingerprint density at radius 2 is 1.67 bits per heavy atom. The number of ether oxygens (including phenoxy) is 2. The third-order valence-electron chi connectivity index (χ3n) is 5.98. The molecule has 1 N–H and O–H groups in total. The first-order chi connectivity index (χ1) is 16.1. The fourth-order valence-corrected chi connectivity index (χ4v) is 4.76. The van der Waals surface area contributed by atoms with E-state index in [1.165, 1.54) is 0 Å². The van der Waals surface area contributed by atoms with Crippen LogP contribution in [0.1, 0.15) is 28.8 Å². The van der Waals surface area contributed by atoms with Crippen LogP contribution in [0.25, 0.3) is 5.70 Å². The number of rotatable bonds is 3. The predicted molar refractivity (Wildman–Crippen MR) is 128 cm³/mol. The number of benzene rings is 3. The summed E-state index contributed by atoms with van der Waals surface area (Å²) in [5.74, 6) is 2.18. The monoisotopic (exact) mass is 476 g/mol. The maximum Gasteiger partial charge on any atom is 0.226 e. The molecule has 6 nitrogen and oxygen atoms in total. The summed E-state index contributed by atoms with van der Waals surface area (Å²) in [6.45, 7) is 0. The van der Waals surface area contributed by atoms with Crippen LogP contribution >= 0.6 is 23.2 Å². The first-order valence-corrected chi connectivity index (χ1v) is 11.1. The molecule has 0 bridgehead atoms. The SMILES string of the molecule is COc1ccc([C@@H]2C3=C(Nc4ncnn42)c2cc(Cl)ccc2O[C@@H]3c2ccc(Cl)cc2)cc1. The average molecular weight is 477 g/mol. The lowest BCUT2D eigenvalue weighted by atomic mass is 9.84. The van der Waals surface area contributed by atoms with E-state index in [-0.39, 0.29) is 12.1 Å². The van der Waals surface area contributed by atoms with Crippen LogP contribution in [-0.4, -0.2) is 21.9 Å². The summed E-state index contributed by atoms with van der Waals surface area (Å²) in [6, 6.07) is 21.1. The lowest BCUT2D eigenvalue weighted by Crippen LogP contribution is -2.32. The van der Waals surface area contributed by atoms with E-state index in [4.69, 9.17) is 32.7 Å². The van der Waals surface area contributed by atoms with Crippen LogP contribution in [0.3, 0.4) is 0 Å². The van der Waals surface area contributed by atoms with Crippen molar-refractivity contribution in [2.75, 3.05) is 12.4 Å². The van der Waals surface area contributed by atoms with Crippen molar-refractivity contribution in [1.82, 2.24) is 14.8 Å².